The fraction of sp³-hybridized carbons (Fsp3) is 0.320. The van der Waals surface area contributed by atoms with Gasteiger partial charge in [0.2, 0.25) is 0 Å². The molecular weight excluding hydrogens is 428 g/mol. The molecule has 0 saturated carbocycles. The molecule has 0 fully saturated rings. The second kappa shape index (κ2) is 10.0. The summed E-state index contributed by atoms with van der Waals surface area (Å²) < 4.78 is 37.4. The topological polar surface area (TPSA) is 64.5 Å². The van der Waals surface area contributed by atoms with Crippen molar-refractivity contribution in [2.24, 2.45) is 0 Å². The quantitative estimate of drug-likeness (QED) is 0.497. The van der Waals surface area contributed by atoms with Gasteiger partial charge in [-0.25, -0.2) is 18.7 Å². The molecule has 0 saturated heterocycles. The minimum absolute atomic E-state index is 0.0596. The van der Waals surface area contributed by atoms with E-state index in [9.17, 15) is 13.6 Å². The molecule has 1 atom stereocenters. The predicted octanol–water partition coefficient (Wildman–Crippen LogP) is 4.31. The highest BCUT2D eigenvalue weighted by Crippen LogP contribution is 2.24. The van der Waals surface area contributed by atoms with E-state index >= 15 is 0 Å². The molecule has 3 aromatic rings. The molecule has 0 spiro atoms. The normalized spacial score (nSPS) is 14.4. The third kappa shape index (κ3) is 5.51. The van der Waals surface area contributed by atoms with Gasteiger partial charge < -0.3 is 9.47 Å². The first kappa shape index (κ1) is 22.8. The van der Waals surface area contributed by atoms with Gasteiger partial charge in [0.05, 0.1) is 12.3 Å². The standard InChI is InChI=1S/C25H25F2N3O3/c1-3-32-25(31)16(2)30-9-8-23-19(14-30)13-28-24(29-23)18-4-6-22(7-5-18)33-15-17-10-20(26)12-21(27)11-17/h4-7,10-13,16H,3,8-9,14-15H2,1-2H3. The maximum atomic E-state index is 13.3. The van der Waals surface area contributed by atoms with Crippen LogP contribution < -0.4 is 4.74 Å². The Hall–Kier alpha value is -3.39. The van der Waals surface area contributed by atoms with Crippen LogP contribution in [-0.2, 0) is 29.1 Å². The maximum absolute atomic E-state index is 13.3. The van der Waals surface area contributed by atoms with Crippen LogP contribution in [0, 0.1) is 11.6 Å². The minimum atomic E-state index is -0.632. The van der Waals surface area contributed by atoms with E-state index in [2.05, 4.69) is 9.88 Å². The average Bonchev–Trinajstić information content (AvgIpc) is 2.81. The first-order valence-corrected chi connectivity index (χ1v) is 10.9. The molecule has 33 heavy (non-hydrogen) atoms. The van der Waals surface area contributed by atoms with Crippen molar-refractivity contribution in [3.05, 3.63) is 77.1 Å². The smallest absolute Gasteiger partial charge is 0.323 e. The number of aromatic nitrogens is 2. The van der Waals surface area contributed by atoms with E-state index in [0.717, 1.165) is 35.9 Å². The van der Waals surface area contributed by atoms with E-state index in [1.165, 1.54) is 12.1 Å². The number of rotatable bonds is 7. The number of nitrogens with zero attached hydrogens (tertiary/aromatic N) is 3. The lowest BCUT2D eigenvalue weighted by molar-refractivity contribution is -0.149. The Labute approximate surface area is 191 Å². The van der Waals surface area contributed by atoms with Gasteiger partial charge in [-0.2, -0.15) is 0 Å². The number of carbonyl (C=O) groups excluding carboxylic acids is 1. The number of ether oxygens (including phenoxy) is 2. The van der Waals surface area contributed by atoms with Crippen LogP contribution in [0.15, 0.2) is 48.7 Å². The molecule has 8 heteroatoms. The summed E-state index contributed by atoms with van der Waals surface area (Å²) in [6.45, 7) is 5.40. The lowest BCUT2D eigenvalue weighted by Crippen LogP contribution is -2.43. The Morgan fingerprint density at radius 1 is 1.15 bits per heavy atom. The van der Waals surface area contributed by atoms with Gasteiger partial charge in [-0.3, -0.25) is 9.69 Å². The highest BCUT2D eigenvalue weighted by Gasteiger charge is 2.27. The first-order chi connectivity index (χ1) is 15.9. The molecule has 0 aliphatic carbocycles. The van der Waals surface area contributed by atoms with Crippen molar-refractivity contribution < 1.29 is 23.0 Å². The number of benzene rings is 2. The Morgan fingerprint density at radius 3 is 2.58 bits per heavy atom. The van der Waals surface area contributed by atoms with Crippen molar-refractivity contribution in [2.75, 3.05) is 13.2 Å². The van der Waals surface area contributed by atoms with Gasteiger partial charge in [-0.15, -0.1) is 0 Å². The summed E-state index contributed by atoms with van der Waals surface area (Å²) in [4.78, 5) is 23.3. The van der Waals surface area contributed by atoms with E-state index in [0.29, 0.717) is 30.3 Å². The number of carbonyl (C=O) groups is 1. The summed E-state index contributed by atoms with van der Waals surface area (Å²) in [7, 11) is 0. The molecule has 0 bridgehead atoms. The van der Waals surface area contributed by atoms with Gasteiger partial charge >= 0.3 is 5.97 Å². The number of halogens is 2. The van der Waals surface area contributed by atoms with E-state index < -0.39 is 11.6 Å². The van der Waals surface area contributed by atoms with Gasteiger partial charge in [0, 0.05) is 42.9 Å². The van der Waals surface area contributed by atoms with Crippen LogP contribution in [0.25, 0.3) is 11.4 Å². The molecule has 2 aromatic carbocycles. The lowest BCUT2D eigenvalue weighted by Gasteiger charge is -2.31. The van der Waals surface area contributed by atoms with Crippen molar-refractivity contribution in [1.29, 1.82) is 0 Å². The van der Waals surface area contributed by atoms with Crippen molar-refractivity contribution in [2.45, 2.75) is 39.5 Å². The van der Waals surface area contributed by atoms with Gasteiger partial charge in [-0.1, -0.05) is 0 Å². The maximum Gasteiger partial charge on any atom is 0.323 e. The molecule has 1 aliphatic heterocycles. The molecular formula is C25H25F2N3O3. The van der Waals surface area contributed by atoms with E-state index in [-0.39, 0.29) is 18.6 Å². The fourth-order valence-electron chi connectivity index (χ4n) is 3.78. The minimum Gasteiger partial charge on any atom is -0.489 e. The van der Waals surface area contributed by atoms with Crippen LogP contribution in [0.2, 0.25) is 0 Å². The predicted molar refractivity (Wildman–Crippen MR) is 118 cm³/mol. The summed E-state index contributed by atoms with van der Waals surface area (Å²) in [6, 6.07) is 10.2. The van der Waals surface area contributed by atoms with Crippen LogP contribution in [0.1, 0.15) is 30.7 Å². The Bertz CT molecular complexity index is 1120. The molecule has 0 N–H and O–H groups in total. The third-order valence-electron chi connectivity index (χ3n) is 5.58. The second-order valence-corrected chi connectivity index (χ2v) is 7.90. The molecule has 1 aromatic heterocycles. The van der Waals surface area contributed by atoms with Crippen molar-refractivity contribution in [1.82, 2.24) is 14.9 Å². The van der Waals surface area contributed by atoms with E-state index in [1.807, 2.05) is 25.3 Å². The van der Waals surface area contributed by atoms with Gasteiger partial charge in [0.1, 0.15) is 30.0 Å². The largest absolute Gasteiger partial charge is 0.489 e. The fourth-order valence-corrected chi connectivity index (χ4v) is 3.78. The molecule has 1 unspecified atom stereocenters. The molecule has 172 valence electrons. The number of hydrogen-bond acceptors (Lipinski definition) is 6. The Morgan fingerprint density at radius 2 is 1.88 bits per heavy atom. The van der Waals surface area contributed by atoms with Crippen LogP contribution in [-0.4, -0.2) is 40.0 Å². The zero-order valence-corrected chi connectivity index (χ0v) is 18.6. The molecule has 6 nitrogen and oxygen atoms in total. The van der Waals surface area contributed by atoms with Crippen LogP contribution in [0.3, 0.4) is 0 Å². The van der Waals surface area contributed by atoms with Gasteiger partial charge in [-0.05, 0) is 55.8 Å². The average molecular weight is 453 g/mol. The van der Waals surface area contributed by atoms with Crippen LogP contribution in [0.4, 0.5) is 8.78 Å². The third-order valence-corrected chi connectivity index (χ3v) is 5.58. The second-order valence-electron chi connectivity index (χ2n) is 7.90. The zero-order valence-electron chi connectivity index (χ0n) is 18.6. The summed E-state index contributed by atoms with van der Waals surface area (Å²) in [5.74, 6) is -0.299. The molecule has 0 amide bonds. The number of hydrogen-bond donors (Lipinski definition) is 0. The summed E-state index contributed by atoms with van der Waals surface area (Å²) in [5, 5.41) is 0. The molecule has 0 radical (unpaired) electrons. The number of fused-ring (bicyclic) bond motifs is 1. The highest BCUT2D eigenvalue weighted by atomic mass is 19.1. The summed E-state index contributed by atoms with van der Waals surface area (Å²) in [6.07, 6.45) is 2.53. The van der Waals surface area contributed by atoms with E-state index in [4.69, 9.17) is 14.5 Å². The molecule has 1 aliphatic rings. The van der Waals surface area contributed by atoms with Gasteiger partial charge in [0.15, 0.2) is 5.82 Å². The lowest BCUT2D eigenvalue weighted by atomic mass is 10.0. The Balaban J connectivity index is 1.40. The molecule has 4 rings (SSSR count). The highest BCUT2D eigenvalue weighted by molar-refractivity contribution is 5.75. The van der Waals surface area contributed by atoms with Crippen LogP contribution >= 0.6 is 0 Å². The SMILES string of the molecule is CCOC(=O)C(C)N1CCc2nc(-c3ccc(OCc4cc(F)cc(F)c4)cc3)ncc2C1. The van der Waals surface area contributed by atoms with Crippen molar-refractivity contribution in [3.8, 4) is 17.1 Å². The van der Waals surface area contributed by atoms with Gasteiger partial charge in [0.25, 0.3) is 0 Å². The van der Waals surface area contributed by atoms with Crippen molar-refractivity contribution >= 4 is 5.97 Å². The monoisotopic (exact) mass is 453 g/mol. The first-order valence-electron chi connectivity index (χ1n) is 10.9. The molecule has 2 heterocycles. The number of esters is 1. The Kier molecular flexibility index (Phi) is 6.93. The zero-order chi connectivity index (χ0) is 23.4. The summed E-state index contributed by atoms with van der Waals surface area (Å²) >= 11 is 0. The van der Waals surface area contributed by atoms with Crippen LogP contribution in [0.5, 0.6) is 5.75 Å². The van der Waals surface area contributed by atoms with Crippen molar-refractivity contribution in [3.63, 3.8) is 0 Å². The summed E-state index contributed by atoms with van der Waals surface area (Å²) in [5.41, 5.74) is 3.23. The van der Waals surface area contributed by atoms with E-state index in [1.54, 1.807) is 19.1 Å².